The molecule has 1 heterocycles. The molecule has 0 saturated heterocycles. The highest BCUT2D eigenvalue weighted by atomic mass is 79.9. The minimum Gasteiger partial charge on any atom is -0.493 e. The fraction of sp³-hybridized carbons (Fsp3) is 0.312. The molecule has 0 N–H and O–H groups in total. The summed E-state index contributed by atoms with van der Waals surface area (Å²) < 4.78 is 16.4. The number of nitrogens with zero attached hydrogens (tertiary/aromatic N) is 2. The zero-order valence-electron chi connectivity index (χ0n) is 14.6. The topological polar surface area (TPSA) is 91.1 Å². The van der Waals surface area contributed by atoms with E-state index < -0.39 is 16.5 Å². The molecule has 1 aromatic heterocycles. The Labute approximate surface area is 162 Å². The van der Waals surface area contributed by atoms with Crippen LogP contribution in [-0.2, 0) is 6.54 Å². The summed E-state index contributed by atoms with van der Waals surface area (Å²) in [6.07, 6.45) is 0. The van der Waals surface area contributed by atoms with Gasteiger partial charge in [0, 0.05) is 18.0 Å². The Bertz CT molecular complexity index is 838. The van der Waals surface area contributed by atoms with E-state index in [1.807, 2.05) is 12.1 Å². The molecular formula is C16H17BrN2O6S. The summed E-state index contributed by atoms with van der Waals surface area (Å²) in [5, 5.41) is 11.6. The average Bonchev–Trinajstić information content (AvgIpc) is 3.03. The molecule has 0 aliphatic heterocycles. The van der Waals surface area contributed by atoms with Gasteiger partial charge in [-0.2, -0.15) is 0 Å². The minimum atomic E-state index is -0.663. The summed E-state index contributed by atoms with van der Waals surface area (Å²) in [5.41, 5.74) is -0.600. The Morgan fingerprint density at radius 3 is 2.35 bits per heavy atom. The highest BCUT2D eigenvalue weighted by molar-refractivity contribution is 9.11. The maximum Gasteiger partial charge on any atom is 0.327 e. The van der Waals surface area contributed by atoms with Crippen LogP contribution in [0.2, 0.25) is 0 Å². The standard InChI is InChI=1S/C16H17BrN2O6S/c1-18(8-9-5-6-12(17)26-9)16(20)10-7-11(23-2)14(24-3)15(25-4)13(10)19(21)22/h5-7H,8H2,1-4H3. The molecule has 140 valence electrons. The zero-order valence-corrected chi connectivity index (χ0v) is 17.0. The molecule has 0 fully saturated rings. The molecule has 0 bridgehead atoms. The lowest BCUT2D eigenvalue weighted by molar-refractivity contribution is -0.386. The molecule has 0 spiro atoms. The predicted octanol–water partition coefficient (Wildman–Crippen LogP) is 3.72. The molecule has 1 aromatic carbocycles. The molecule has 0 saturated carbocycles. The summed E-state index contributed by atoms with van der Waals surface area (Å²) in [4.78, 5) is 26.2. The second kappa shape index (κ2) is 8.37. The van der Waals surface area contributed by atoms with Crippen molar-refractivity contribution in [3.8, 4) is 17.2 Å². The normalized spacial score (nSPS) is 10.3. The van der Waals surface area contributed by atoms with Gasteiger partial charge in [-0.15, -0.1) is 11.3 Å². The largest absolute Gasteiger partial charge is 0.493 e. The summed E-state index contributed by atoms with van der Waals surface area (Å²) in [6, 6.07) is 5.05. The van der Waals surface area contributed by atoms with Crippen LogP contribution in [0.1, 0.15) is 15.2 Å². The van der Waals surface area contributed by atoms with Crippen LogP contribution in [0.5, 0.6) is 17.2 Å². The van der Waals surface area contributed by atoms with Crippen LogP contribution in [-0.4, -0.2) is 44.1 Å². The number of amides is 1. The predicted molar refractivity (Wildman–Crippen MR) is 101 cm³/mol. The van der Waals surface area contributed by atoms with Gasteiger partial charge in [-0.25, -0.2) is 0 Å². The number of halogens is 1. The van der Waals surface area contributed by atoms with Crippen molar-refractivity contribution in [1.29, 1.82) is 0 Å². The van der Waals surface area contributed by atoms with Crippen LogP contribution in [0.4, 0.5) is 5.69 Å². The molecule has 10 heteroatoms. The second-order valence-electron chi connectivity index (χ2n) is 5.17. The van der Waals surface area contributed by atoms with E-state index >= 15 is 0 Å². The summed E-state index contributed by atoms with van der Waals surface area (Å²) in [5.74, 6) is -0.457. The molecule has 0 aliphatic rings. The maximum atomic E-state index is 12.9. The minimum absolute atomic E-state index is 0.0584. The van der Waals surface area contributed by atoms with Crippen molar-refractivity contribution in [1.82, 2.24) is 4.90 Å². The van der Waals surface area contributed by atoms with Gasteiger partial charge in [0.25, 0.3) is 5.91 Å². The van der Waals surface area contributed by atoms with Crippen LogP contribution in [0.3, 0.4) is 0 Å². The monoisotopic (exact) mass is 444 g/mol. The van der Waals surface area contributed by atoms with Crippen molar-refractivity contribution in [2.75, 3.05) is 28.4 Å². The first-order valence-corrected chi connectivity index (χ1v) is 8.92. The molecule has 0 atom stereocenters. The van der Waals surface area contributed by atoms with Gasteiger partial charge in [-0.05, 0) is 28.1 Å². The van der Waals surface area contributed by atoms with Crippen LogP contribution >= 0.6 is 27.3 Å². The van der Waals surface area contributed by atoms with E-state index in [1.54, 1.807) is 7.05 Å². The number of rotatable bonds is 7. The zero-order chi connectivity index (χ0) is 19.4. The Kier molecular flexibility index (Phi) is 6.43. The number of hydrogen-bond acceptors (Lipinski definition) is 7. The molecule has 0 aliphatic carbocycles. The molecule has 0 unspecified atom stereocenters. The first-order valence-electron chi connectivity index (χ1n) is 7.31. The Hall–Kier alpha value is -2.33. The van der Waals surface area contributed by atoms with Crippen molar-refractivity contribution < 1.29 is 23.9 Å². The first kappa shape index (κ1) is 20.0. The van der Waals surface area contributed by atoms with Gasteiger partial charge in [-0.1, -0.05) is 0 Å². The van der Waals surface area contributed by atoms with E-state index in [0.29, 0.717) is 6.54 Å². The molecule has 1 amide bonds. The fourth-order valence-corrected chi connectivity index (χ4v) is 3.97. The average molecular weight is 445 g/mol. The Morgan fingerprint density at radius 2 is 1.88 bits per heavy atom. The van der Waals surface area contributed by atoms with E-state index in [-0.39, 0.29) is 22.8 Å². The molecule has 2 rings (SSSR count). The number of hydrogen-bond donors (Lipinski definition) is 0. The van der Waals surface area contributed by atoms with Crippen molar-refractivity contribution in [3.63, 3.8) is 0 Å². The van der Waals surface area contributed by atoms with E-state index in [4.69, 9.17) is 14.2 Å². The van der Waals surface area contributed by atoms with Gasteiger partial charge in [0.15, 0.2) is 5.75 Å². The lowest BCUT2D eigenvalue weighted by Gasteiger charge is -2.19. The number of carbonyl (C=O) groups excluding carboxylic acids is 1. The molecule has 2 aromatic rings. The number of thiophene rings is 1. The number of carbonyl (C=O) groups is 1. The van der Waals surface area contributed by atoms with Gasteiger partial charge in [0.2, 0.25) is 11.5 Å². The van der Waals surface area contributed by atoms with Gasteiger partial charge in [-0.3, -0.25) is 14.9 Å². The lowest BCUT2D eigenvalue weighted by Crippen LogP contribution is -2.26. The van der Waals surface area contributed by atoms with E-state index in [9.17, 15) is 14.9 Å². The van der Waals surface area contributed by atoms with Gasteiger partial charge in [0.1, 0.15) is 5.56 Å². The highest BCUT2D eigenvalue weighted by Gasteiger charge is 2.33. The lowest BCUT2D eigenvalue weighted by atomic mass is 10.1. The third-order valence-electron chi connectivity index (χ3n) is 3.59. The van der Waals surface area contributed by atoms with Crippen LogP contribution in [0.15, 0.2) is 22.0 Å². The van der Waals surface area contributed by atoms with E-state index in [1.165, 1.54) is 43.6 Å². The third kappa shape index (κ3) is 3.91. The van der Waals surface area contributed by atoms with Gasteiger partial charge in [0.05, 0.1) is 36.6 Å². The van der Waals surface area contributed by atoms with Crippen LogP contribution < -0.4 is 14.2 Å². The second-order valence-corrected chi connectivity index (χ2v) is 7.71. The summed E-state index contributed by atoms with van der Waals surface area (Å²) in [6.45, 7) is 0.308. The highest BCUT2D eigenvalue weighted by Crippen LogP contribution is 2.46. The third-order valence-corrected chi connectivity index (χ3v) is 5.19. The number of methoxy groups -OCH3 is 3. The molecular weight excluding hydrogens is 428 g/mol. The molecule has 26 heavy (non-hydrogen) atoms. The Morgan fingerprint density at radius 1 is 1.23 bits per heavy atom. The van der Waals surface area contributed by atoms with Crippen molar-refractivity contribution in [3.05, 3.63) is 42.5 Å². The van der Waals surface area contributed by atoms with Gasteiger partial charge >= 0.3 is 5.69 Å². The maximum absolute atomic E-state index is 12.9. The summed E-state index contributed by atoms with van der Waals surface area (Å²) in [7, 11) is 5.56. The van der Waals surface area contributed by atoms with E-state index in [2.05, 4.69) is 15.9 Å². The molecule has 0 radical (unpaired) electrons. The van der Waals surface area contributed by atoms with Crippen molar-refractivity contribution in [2.45, 2.75) is 6.54 Å². The first-order chi connectivity index (χ1) is 12.3. The number of benzene rings is 1. The van der Waals surface area contributed by atoms with Crippen molar-refractivity contribution in [2.24, 2.45) is 0 Å². The molecule has 8 nitrogen and oxygen atoms in total. The smallest absolute Gasteiger partial charge is 0.327 e. The number of ether oxygens (including phenoxy) is 3. The SMILES string of the molecule is COc1cc(C(=O)N(C)Cc2ccc(Br)s2)c([N+](=O)[O-])c(OC)c1OC. The fourth-order valence-electron chi connectivity index (χ4n) is 2.43. The Balaban J connectivity index is 2.52. The quantitative estimate of drug-likeness (QED) is 0.477. The van der Waals surface area contributed by atoms with Crippen molar-refractivity contribution >= 4 is 38.9 Å². The van der Waals surface area contributed by atoms with Crippen LogP contribution in [0.25, 0.3) is 0 Å². The number of nitro benzene ring substituents is 1. The number of nitro groups is 1. The van der Waals surface area contributed by atoms with Crippen LogP contribution in [0, 0.1) is 10.1 Å². The van der Waals surface area contributed by atoms with Gasteiger partial charge < -0.3 is 19.1 Å². The summed E-state index contributed by atoms with van der Waals surface area (Å²) >= 11 is 4.85. The van der Waals surface area contributed by atoms with E-state index in [0.717, 1.165) is 8.66 Å².